The highest BCUT2D eigenvalue weighted by molar-refractivity contribution is 7.84. The second-order valence-corrected chi connectivity index (χ2v) is 9.84. The summed E-state index contributed by atoms with van der Waals surface area (Å²) in [6.07, 6.45) is 1.20. The first-order valence-corrected chi connectivity index (χ1v) is 12.5. The lowest BCUT2D eigenvalue weighted by atomic mass is 10.1. The van der Waals surface area contributed by atoms with E-state index in [9.17, 15) is 30.8 Å². The van der Waals surface area contributed by atoms with Crippen molar-refractivity contribution in [3.8, 4) is 0 Å². The summed E-state index contributed by atoms with van der Waals surface area (Å²) in [6.45, 7) is -0.361. The molecule has 2 aromatic heterocycles. The maximum atomic E-state index is 14.1. The molecule has 4 rings (SSSR count). The number of rotatable bonds is 9. The van der Waals surface area contributed by atoms with Crippen LogP contribution in [0.5, 0.6) is 0 Å². The van der Waals surface area contributed by atoms with Gasteiger partial charge >= 0.3 is 16.5 Å². The van der Waals surface area contributed by atoms with Crippen LogP contribution in [0.3, 0.4) is 0 Å². The number of hydrogen-bond acceptors (Lipinski definition) is 8. The largest absolute Gasteiger partial charge is 0.416 e. The summed E-state index contributed by atoms with van der Waals surface area (Å²) in [4.78, 5) is 21.1. The van der Waals surface area contributed by atoms with Crippen LogP contribution in [0.15, 0.2) is 43.0 Å². The molecule has 0 amide bonds. The molecule has 1 aliphatic carbocycles. The summed E-state index contributed by atoms with van der Waals surface area (Å²) in [5.41, 5.74) is -1.14. The highest BCUT2D eigenvalue weighted by Crippen LogP contribution is 2.31. The number of halogens is 4. The van der Waals surface area contributed by atoms with E-state index in [2.05, 4.69) is 24.6 Å². The van der Waals surface area contributed by atoms with Crippen LogP contribution < -0.4 is 10.5 Å². The Morgan fingerprint density at radius 1 is 1.24 bits per heavy atom. The van der Waals surface area contributed by atoms with Crippen LogP contribution in [0.4, 0.5) is 23.4 Å². The van der Waals surface area contributed by atoms with Gasteiger partial charge in [-0.15, -0.1) is 0 Å². The van der Waals surface area contributed by atoms with E-state index in [-0.39, 0.29) is 47.8 Å². The lowest BCUT2D eigenvalue weighted by Gasteiger charge is -2.15. The zero-order chi connectivity index (χ0) is 26.8. The average molecular weight is 543 g/mol. The number of nitrogens with one attached hydrogen (secondary N) is 1. The van der Waals surface area contributed by atoms with Gasteiger partial charge in [0.15, 0.2) is 0 Å². The Balaban J connectivity index is 1.45. The van der Waals surface area contributed by atoms with Gasteiger partial charge in [-0.05, 0) is 49.4 Å². The Kier molecular flexibility index (Phi) is 7.57. The molecule has 0 spiro atoms. The molecule has 0 radical (unpaired) electrons. The molecule has 0 unspecified atom stereocenters. The molecule has 1 aromatic carbocycles. The van der Waals surface area contributed by atoms with E-state index >= 15 is 0 Å². The minimum Gasteiger partial charge on any atom is -0.367 e. The summed E-state index contributed by atoms with van der Waals surface area (Å²) in [5.74, 6) is -1.18. The monoisotopic (exact) mass is 542 g/mol. The van der Waals surface area contributed by atoms with E-state index in [1.807, 2.05) is 0 Å². The molecule has 1 fully saturated rings. The molecular weight excluding hydrogens is 520 g/mol. The Hall–Kier alpha value is -3.43. The molecule has 0 aliphatic heterocycles. The van der Waals surface area contributed by atoms with E-state index in [4.69, 9.17) is 5.14 Å². The van der Waals surface area contributed by atoms with Crippen LogP contribution in [-0.2, 0) is 27.2 Å². The molecule has 37 heavy (non-hydrogen) atoms. The Labute approximate surface area is 209 Å². The molecule has 15 heteroatoms. The SMILES string of the molecule is NS(=O)(=O)OC[C@@H]1CC[C@H](Nc2ncncc2C(=O)c2ccn(Cc3cc(C(F)(F)F)ccc3F)n2)C1. The molecule has 3 N–H and O–H groups in total. The van der Waals surface area contributed by atoms with Crippen molar-refractivity contribution in [2.75, 3.05) is 11.9 Å². The lowest BCUT2D eigenvalue weighted by Crippen LogP contribution is -2.22. The molecule has 2 heterocycles. The number of carbonyl (C=O) groups is 1. The maximum absolute atomic E-state index is 14.1. The second kappa shape index (κ2) is 10.5. The van der Waals surface area contributed by atoms with Gasteiger partial charge in [0.1, 0.15) is 23.7 Å². The highest BCUT2D eigenvalue weighted by atomic mass is 32.2. The van der Waals surface area contributed by atoms with Gasteiger partial charge in [0.2, 0.25) is 5.78 Å². The number of aromatic nitrogens is 4. The standard InChI is InChI=1S/C22H22F4N6O4S/c23-18-4-2-15(22(24,25)26)8-14(18)10-32-6-5-19(31-32)20(33)17-9-28-12-29-21(17)30-16-3-1-13(7-16)11-36-37(27,34)35/h2,4-6,8-9,12-13,16H,1,3,7,10-11H2,(H2,27,34,35)(H,28,29,30)/t13-,16+/m1/s1. The molecule has 10 nitrogen and oxygen atoms in total. The van der Waals surface area contributed by atoms with Crippen LogP contribution in [0.1, 0.15) is 46.4 Å². The Morgan fingerprint density at radius 3 is 2.76 bits per heavy atom. The number of nitrogens with two attached hydrogens (primary N) is 1. The summed E-state index contributed by atoms with van der Waals surface area (Å²) in [7, 11) is -4.03. The first-order chi connectivity index (χ1) is 17.4. The maximum Gasteiger partial charge on any atom is 0.416 e. The fourth-order valence-corrected chi connectivity index (χ4v) is 4.49. The van der Waals surface area contributed by atoms with Crippen molar-refractivity contribution in [1.82, 2.24) is 19.7 Å². The number of carbonyl (C=O) groups excluding carboxylic acids is 1. The van der Waals surface area contributed by atoms with Crippen LogP contribution in [0.2, 0.25) is 0 Å². The molecule has 1 saturated carbocycles. The molecule has 1 aliphatic rings. The van der Waals surface area contributed by atoms with Crippen molar-refractivity contribution >= 4 is 21.9 Å². The highest BCUT2D eigenvalue weighted by Gasteiger charge is 2.31. The van der Waals surface area contributed by atoms with Crippen molar-refractivity contribution in [2.45, 2.75) is 38.0 Å². The summed E-state index contributed by atoms with van der Waals surface area (Å²) >= 11 is 0. The molecule has 3 aromatic rings. The predicted octanol–water partition coefficient (Wildman–Crippen LogP) is 2.91. The fourth-order valence-electron chi connectivity index (χ4n) is 4.11. The van der Waals surface area contributed by atoms with Crippen molar-refractivity contribution in [1.29, 1.82) is 0 Å². The van der Waals surface area contributed by atoms with Crippen LogP contribution in [0.25, 0.3) is 0 Å². The molecule has 198 valence electrons. The third-order valence-corrected chi connectivity index (χ3v) is 6.35. The predicted molar refractivity (Wildman–Crippen MR) is 122 cm³/mol. The zero-order valence-corrected chi connectivity index (χ0v) is 20.0. The number of nitrogens with zero attached hydrogens (tertiary/aromatic N) is 4. The first kappa shape index (κ1) is 26.6. The molecule has 2 atom stereocenters. The summed E-state index contributed by atoms with van der Waals surface area (Å²) in [5, 5.41) is 12.1. The van der Waals surface area contributed by atoms with Gasteiger partial charge in [0.25, 0.3) is 0 Å². The minimum atomic E-state index is -4.63. The third-order valence-electron chi connectivity index (χ3n) is 5.89. The topological polar surface area (TPSA) is 142 Å². The zero-order valence-electron chi connectivity index (χ0n) is 19.2. The van der Waals surface area contributed by atoms with Gasteiger partial charge in [0, 0.05) is 24.0 Å². The summed E-state index contributed by atoms with van der Waals surface area (Å²) < 4.78 is 80.9. The molecule has 0 bridgehead atoms. The molecular formula is C22H22F4N6O4S. The average Bonchev–Trinajstić information content (AvgIpc) is 3.47. The smallest absolute Gasteiger partial charge is 0.367 e. The number of alkyl halides is 3. The summed E-state index contributed by atoms with van der Waals surface area (Å²) in [6, 6.07) is 3.34. The first-order valence-electron chi connectivity index (χ1n) is 11.1. The van der Waals surface area contributed by atoms with E-state index in [0.29, 0.717) is 31.4 Å². The normalized spacial score (nSPS) is 18.2. The third kappa shape index (κ3) is 6.87. The minimum absolute atomic E-state index is 0.0314. The van der Waals surface area contributed by atoms with E-state index in [1.54, 1.807) is 0 Å². The number of hydrogen-bond donors (Lipinski definition) is 2. The van der Waals surface area contributed by atoms with Gasteiger partial charge in [-0.2, -0.15) is 26.7 Å². The van der Waals surface area contributed by atoms with Gasteiger partial charge in [-0.25, -0.2) is 19.5 Å². The fraction of sp³-hybridized carbons (Fsp3) is 0.364. The molecule has 0 saturated heterocycles. The van der Waals surface area contributed by atoms with E-state index in [0.717, 1.165) is 10.7 Å². The van der Waals surface area contributed by atoms with E-state index < -0.39 is 33.6 Å². The number of benzene rings is 1. The van der Waals surface area contributed by atoms with Crippen LogP contribution in [0, 0.1) is 11.7 Å². The second-order valence-electron chi connectivity index (χ2n) is 8.61. The van der Waals surface area contributed by atoms with Gasteiger partial charge in [-0.3, -0.25) is 13.7 Å². The Bertz CT molecular complexity index is 1400. The quantitative estimate of drug-likeness (QED) is 0.311. The Morgan fingerprint density at radius 2 is 2.03 bits per heavy atom. The van der Waals surface area contributed by atoms with Crippen molar-refractivity contribution in [2.24, 2.45) is 11.1 Å². The van der Waals surface area contributed by atoms with Crippen molar-refractivity contribution in [3.63, 3.8) is 0 Å². The van der Waals surface area contributed by atoms with Crippen molar-refractivity contribution in [3.05, 3.63) is 71.2 Å². The lowest BCUT2D eigenvalue weighted by molar-refractivity contribution is -0.137. The number of anilines is 1. The van der Waals surface area contributed by atoms with Crippen molar-refractivity contribution < 1.29 is 35.0 Å². The van der Waals surface area contributed by atoms with Gasteiger partial charge in [0.05, 0.1) is 24.3 Å². The van der Waals surface area contributed by atoms with Crippen LogP contribution in [-0.4, -0.2) is 46.6 Å². The van der Waals surface area contributed by atoms with Crippen LogP contribution >= 0.6 is 0 Å². The van der Waals surface area contributed by atoms with E-state index in [1.165, 1.54) is 24.8 Å². The number of ketones is 1. The van der Waals surface area contributed by atoms with Gasteiger partial charge in [-0.1, -0.05) is 0 Å². The van der Waals surface area contributed by atoms with Gasteiger partial charge < -0.3 is 5.32 Å².